The molecule has 2 aromatic carbocycles. The Balaban J connectivity index is 1.33. The topological polar surface area (TPSA) is 69.3 Å². The van der Waals surface area contributed by atoms with Crippen molar-refractivity contribution in [3.63, 3.8) is 0 Å². The van der Waals surface area contributed by atoms with E-state index in [0.29, 0.717) is 6.54 Å². The average molecular weight is 325 g/mol. The zero-order valence-corrected chi connectivity index (χ0v) is 13.5. The van der Waals surface area contributed by atoms with Crippen molar-refractivity contribution in [1.82, 2.24) is 10.3 Å². The lowest BCUT2D eigenvalue weighted by Gasteiger charge is -2.14. The van der Waals surface area contributed by atoms with Gasteiger partial charge in [0.15, 0.2) is 0 Å². The molecule has 1 heterocycles. The van der Waals surface area contributed by atoms with Gasteiger partial charge in [0.25, 0.3) is 0 Å². The molecule has 3 aromatic rings. The molecule has 1 unspecified atom stereocenters. The number of para-hydroxylation sites is 1. The van der Waals surface area contributed by atoms with Crippen LogP contribution >= 0.6 is 0 Å². The number of rotatable bonds is 9. The zero-order valence-electron chi connectivity index (χ0n) is 13.5. The average Bonchev–Trinajstić information content (AvgIpc) is 3.10. The van der Waals surface area contributed by atoms with Gasteiger partial charge in [-0.1, -0.05) is 24.3 Å². The number of nitrogens with one attached hydrogen (secondary N) is 3. The highest BCUT2D eigenvalue weighted by atomic mass is 16.5. The number of H-pyrrole nitrogens is 1. The predicted octanol–water partition coefficient (Wildman–Crippen LogP) is 2.61. The number of ether oxygens (including phenoxy) is 1. The van der Waals surface area contributed by atoms with E-state index >= 15 is 0 Å². The number of aliphatic hydroxyl groups excluding tert-OH is 1. The molecule has 0 spiro atoms. The van der Waals surface area contributed by atoms with Crippen LogP contribution in [0.15, 0.2) is 60.8 Å². The lowest BCUT2D eigenvalue weighted by Crippen LogP contribution is -2.34. The minimum absolute atomic E-state index is 0.285. The van der Waals surface area contributed by atoms with Crippen LogP contribution in [0.25, 0.3) is 10.9 Å². The maximum absolute atomic E-state index is 9.93. The highest BCUT2D eigenvalue weighted by molar-refractivity contribution is 5.91. The van der Waals surface area contributed by atoms with E-state index in [9.17, 15) is 5.11 Å². The van der Waals surface area contributed by atoms with Crippen LogP contribution in [-0.2, 0) is 0 Å². The Morgan fingerprint density at radius 3 is 2.75 bits per heavy atom. The van der Waals surface area contributed by atoms with E-state index in [1.165, 1.54) is 5.39 Å². The molecule has 0 fully saturated rings. The Kier molecular flexibility index (Phi) is 5.71. The van der Waals surface area contributed by atoms with Crippen LogP contribution in [0.2, 0.25) is 0 Å². The van der Waals surface area contributed by atoms with E-state index in [2.05, 4.69) is 33.8 Å². The summed E-state index contributed by atoms with van der Waals surface area (Å²) < 4.78 is 5.52. The van der Waals surface area contributed by atoms with E-state index in [-0.39, 0.29) is 6.61 Å². The van der Waals surface area contributed by atoms with Crippen LogP contribution in [0.1, 0.15) is 0 Å². The first-order valence-corrected chi connectivity index (χ1v) is 8.19. The Bertz CT molecular complexity index is 742. The molecule has 0 bridgehead atoms. The summed E-state index contributed by atoms with van der Waals surface area (Å²) in [5.41, 5.74) is 2.24. The maximum Gasteiger partial charge on any atom is 0.119 e. The monoisotopic (exact) mass is 325 g/mol. The third kappa shape index (κ3) is 4.50. The molecule has 4 N–H and O–H groups in total. The maximum atomic E-state index is 9.93. The second-order valence-electron chi connectivity index (χ2n) is 5.65. The summed E-state index contributed by atoms with van der Waals surface area (Å²) in [6.07, 6.45) is 1.41. The zero-order chi connectivity index (χ0) is 16.6. The molecule has 0 saturated carbocycles. The van der Waals surface area contributed by atoms with Crippen molar-refractivity contribution in [3.8, 4) is 5.75 Å². The molecule has 3 rings (SSSR count). The number of hydrogen-bond acceptors (Lipinski definition) is 4. The summed E-state index contributed by atoms with van der Waals surface area (Å²) in [5, 5.41) is 17.8. The molecule has 5 heteroatoms. The second-order valence-corrected chi connectivity index (χ2v) is 5.65. The molecule has 0 aliphatic heterocycles. The van der Waals surface area contributed by atoms with E-state index in [1.54, 1.807) is 0 Å². The van der Waals surface area contributed by atoms with Gasteiger partial charge in [-0.25, -0.2) is 0 Å². The first-order valence-electron chi connectivity index (χ1n) is 8.19. The van der Waals surface area contributed by atoms with Crippen molar-refractivity contribution in [2.45, 2.75) is 6.10 Å². The summed E-state index contributed by atoms with van der Waals surface area (Å²) >= 11 is 0. The molecule has 0 radical (unpaired) electrons. The van der Waals surface area contributed by atoms with Crippen LogP contribution in [0, 0.1) is 0 Å². The lowest BCUT2D eigenvalue weighted by atomic mass is 10.2. The lowest BCUT2D eigenvalue weighted by molar-refractivity contribution is 0.107. The van der Waals surface area contributed by atoms with E-state index in [0.717, 1.165) is 30.0 Å². The van der Waals surface area contributed by atoms with E-state index in [1.807, 2.05) is 42.6 Å². The van der Waals surface area contributed by atoms with Crippen LogP contribution < -0.4 is 15.4 Å². The highest BCUT2D eigenvalue weighted by Gasteiger charge is 2.05. The number of fused-ring (bicyclic) bond motifs is 1. The summed E-state index contributed by atoms with van der Waals surface area (Å²) in [6, 6.07) is 17.7. The van der Waals surface area contributed by atoms with Gasteiger partial charge in [-0.05, 0) is 30.3 Å². The quantitative estimate of drug-likeness (QED) is 0.457. The van der Waals surface area contributed by atoms with Gasteiger partial charge in [-0.3, -0.25) is 0 Å². The number of aromatic nitrogens is 1. The third-order valence-corrected chi connectivity index (χ3v) is 3.78. The molecule has 0 amide bonds. The van der Waals surface area contributed by atoms with Gasteiger partial charge >= 0.3 is 0 Å². The largest absolute Gasteiger partial charge is 0.491 e. The van der Waals surface area contributed by atoms with Gasteiger partial charge < -0.3 is 25.5 Å². The van der Waals surface area contributed by atoms with E-state index in [4.69, 9.17) is 4.74 Å². The highest BCUT2D eigenvalue weighted by Crippen LogP contribution is 2.21. The van der Waals surface area contributed by atoms with Crippen molar-refractivity contribution in [2.75, 3.05) is 31.6 Å². The van der Waals surface area contributed by atoms with Gasteiger partial charge in [0.2, 0.25) is 0 Å². The first kappa shape index (κ1) is 16.4. The van der Waals surface area contributed by atoms with Crippen molar-refractivity contribution in [3.05, 3.63) is 60.8 Å². The van der Waals surface area contributed by atoms with Crippen LogP contribution in [0.3, 0.4) is 0 Å². The van der Waals surface area contributed by atoms with Gasteiger partial charge in [0, 0.05) is 42.4 Å². The van der Waals surface area contributed by atoms with Gasteiger partial charge in [0.1, 0.15) is 18.5 Å². The smallest absolute Gasteiger partial charge is 0.119 e. The molecule has 0 saturated heterocycles. The molecule has 5 nitrogen and oxygen atoms in total. The summed E-state index contributed by atoms with van der Waals surface area (Å²) in [7, 11) is 0. The van der Waals surface area contributed by atoms with Crippen molar-refractivity contribution in [2.24, 2.45) is 0 Å². The number of aromatic amines is 1. The van der Waals surface area contributed by atoms with Crippen molar-refractivity contribution < 1.29 is 9.84 Å². The van der Waals surface area contributed by atoms with Gasteiger partial charge in [-0.2, -0.15) is 0 Å². The molecular formula is C19H23N3O2. The van der Waals surface area contributed by atoms with Crippen molar-refractivity contribution >= 4 is 16.6 Å². The third-order valence-electron chi connectivity index (χ3n) is 3.78. The molecule has 0 aliphatic carbocycles. The fraction of sp³-hybridized carbons (Fsp3) is 0.263. The number of anilines is 1. The first-order chi connectivity index (χ1) is 11.8. The number of hydrogen-bond donors (Lipinski definition) is 4. The normalized spacial score (nSPS) is 12.2. The fourth-order valence-corrected chi connectivity index (χ4v) is 2.56. The Labute approximate surface area is 141 Å². The summed E-state index contributed by atoms with van der Waals surface area (Å²) in [6.45, 7) is 2.34. The fourth-order valence-electron chi connectivity index (χ4n) is 2.56. The summed E-state index contributed by atoms with van der Waals surface area (Å²) in [5.74, 6) is 0.776. The van der Waals surface area contributed by atoms with Crippen LogP contribution in [0.5, 0.6) is 5.75 Å². The molecule has 1 atom stereocenters. The minimum Gasteiger partial charge on any atom is -0.491 e. The predicted molar refractivity (Wildman–Crippen MR) is 97.6 cm³/mol. The van der Waals surface area contributed by atoms with Crippen LogP contribution in [0.4, 0.5) is 5.69 Å². The second kappa shape index (κ2) is 8.38. The SMILES string of the molecule is OC(CNCCNc1cccc2[nH]ccc12)COc1ccccc1. The molecule has 24 heavy (non-hydrogen) atoms. The van der Waals surface area contributed by atoms with E-state index < -0.39 is 6.10 Å². The minimum atomic E-state index is -0.529. The molecule has 1 aromatic heterocycles. The summed E-state index contributed by atoms with van der Waals surface area (Å²) in [4.78, 5) is 3.20. The Hall–Kier alpha value is -2.50. The molecular weight excluding hydrogens is 302 g/mol. The van der Waals surface area contributed by atoms with Crippen molar-refractivity contribution in [1.29, 1.82) is 0 Å². The number of benzene rings is 2. The number of aliphatic hydroxyl groups is 1. The Morgan fingerprint density at radius 2 is 1.88 bits per heavy atom. The van der Waals surface area contributed by atoms with Gasteiger partial charge in [-0.15, -0.1) is 0 Å². The van der Waals surface area contributed by atoms with Crippen LogP contribution in [-0.4, -0.2) is 42.4 Å². The molecule has 126 valence electrons. The van der Waals surface area contributed by atoms with Gasteiger partial charge in [0.05, 0.1) is 0 Å². The Morgan fingerprint density at radius 1 is 1.00 bits per heavy atom. The molecule has 0 aliphatic rings. The standard InChI is InChI=1S/C19H23N3O2/c23-15(14-24-16-5-2-1-3-6-16)13-20-11-12-22-19-8-4-7-18-17(19)9-10-21-18/h1-10,15,20-23H,11-14H2.